The fraction of sp³-hybridized carbons (Fsp3) is 0.206. The second-order valence-electron chi connectivity index (χ2n) is 9.66. The average molecular weight is 535 g/mol. The van der Waals surface area contributed by atoms with Crippen LogP contribution in [0.1, 0.15) is 29.0 Å². The van der Waals surface area contributed by atoms with Crippen LogP contribution in [0, 0.1) is 0 Å². The number of carbonyl (C=O) groups is 1. The van der Waals surface area contributed by atoms with E-state index in [4.69, 9.17) is 14.2 Å². The first kappa shape index (κ1) is 27.0. The van der Waals surface area contributed by atoms with E-state index in [-0.39, 0.29) is 11.8 Å². The number of ether oxygens (including phenoxy) is 3. The second kappa shape index (κ2) is 13.0. The summed E-state index contributed by atoms with van der Waals surface area (Å²) < 4.78 is 18.9. The summed E-state index contributed by atoms with van der Waals surface area (Å²) in [6, 6.07) is 34.2. The Bertz CT molecular complexity index is 1540. The van der Waals surface area contributed by atoms with Crippen molar-refractivity contribution in [1.82, 2.24) is 9.88 Å². The zero-order chi connectivity index (χ0) is 27.7. The quantitative estimate of drug-likeness (QED) is 0.179. The molecule has 40 heavy (non-hydrogen) atoms. The molecule has 0 aliphatic rings. The number of benzene rings is 4. The molecule has 4 aromatic carbocycles. The molecule has 1 heterocycles. The van der Waals surface area contributed by atoms with Crippen LogP contribution in [0.5, 0.6) is 17.2 Å². The van der Waals surface area contributed by atoms with Crippen molar-refractivity contribution >= 4 is 16.8 Å². The topological polar surface area (TPSA) is 61.7 Å². The lowest BCUT2D eigenvalue weighted by atomic mass is 9.88. The minimum absolute atomic E-state index is 0.0246. The molecule has 1 atom stereocenters. The van der Waals surface area contributed by atoms with E-state index in [2.05, 4.69) is 52.5 Å². The minimum atomic E-state index is -0.177. The smallest absolute Gasteiger partial charge is 0.221 e. The summed E-state index contributed by atoms with van der Waals surface area (Å²) in [7, 11) is 3.30. The van der Waals surface area contributed by atoms with Crippen LogP contribution in [0.15, 0.2) is 109 Å². The van der Waals surface area contributed by atoms with Crippen LogP contribution in [0.3, 0.4) is 0 Å². The number of hydrogen-bond donors (Lipinski definition) is 1. The molecule has 204 valence electrons. The molecule has 5 aromatic rings. The predicted octanol–water partition coefficient (Wildman–Crippen LogP) is 6.78. The van der Waals surface area contributed by atoms with E-state index in [9.17, 15) is 4.79 Å². The number of nitrogens with zero attached hydrogens (tertiary/aromatic N) is 1. The van der Waals surface area contributed by atoms with Crippen molar-refractivity contribution in [3.8, 4) is 17.2 Å². The highest BCUT2D eigenvalue weighted by Gasteiger charge is 2.23. The largest absolute Gasteiger partial charge is 0.497 e. The fourth-order valence-corrected chi connectivity index (χ4v) is 4.99. The molecule has 0 aliphatic heterocycles. The highest BCUT2D eigenvalue weighted by molar-refractivity contribution is 5.87. The van der Waals surface area contributed by atoms with Gasteiger partial charge in [-0.15, -0.1) is 0 Å². The summed E-state index contributed by atoms with van der Waals surface area (Å²) in [4.78, 5) is 13.1. The lowest BCUT2D eigenvalue weighted by Gasteiger charge is -2.18. The Morgan fingerprint density at radius 1 is 0.825 bits per heavy atom. The second-order valence-corrected chi connectivity index (χ2v) is 9.66. The number of amides is 1. The van der Waals surface area contributed by atoms with Crippen LogP contribution < -0.4 is 14.8 Å². The van der Waals surface area contributed by atoms with Crippen molar-refractivity contribution in [1.29, 1.82) is 0 Å². The van der Waals surface area contributed by atoms with E-state index in [0.29, 0.717) is 26.1 Å². The van der Waals surface area contributed by atoms with E-state index in [1.807, 2.05) is 66.7 Å². The van der Waals surface area contributed by atoms with Crippen LogP contribution in [-0.4, -0.2) is 37.8 Å². The van der Waals surface area contributed by atoms with Gasteiger partial charge in [-0.3, -0.25) is 4.79 Å². The summed E-state index contributed by atoms with van der Waals surface area (Å²) in [5.74, 6) is 2.13. The molecule has 0 bridgehead atoms. The van der Waals surface area contributed by atoms with Crippen molar-refractivity contribution in [2.24, 2.45) is 0 Å². The van der Waals surface area contributed by atoms with Gasteiger partial charge in [0.05, 0.1) is 13.7 Å². The molecule has 6 heteroatoms. The Kier molecular flexibility index (Phi) is 8.79. The number of rotatable bonds is 12. The Balaban J connectivity index is 1.52. The van der Waals surface area contributed by atoms with Crippen molar-refractivity contribution < 1.29 is 19.0 Å². The van der Waals surface area contributed by atoms with E-state index in [0.717, 1.165) is 39.3 Å². The van der Waals surface area contributed by atoms with Crippen molar-refractivity contribution in [2.45, 2.75) is 18.9 Å². The minimum Gasteiger partial charge on any atom is -0.497 e. The number of hydrogen-bond acceptors (Lipinski definition) is 4. The molecule has 6 nitrogen and oxygen atoms in total. The number of nitrogens with one attached hydrogen (secondary N) is 1. The van der Waals surface area contributed by atoms with Gasteiger partial charge in [0.2, 0.25) is 5.91 Å². The molecule has 0 radical (unpaired) electrons. The summed E-state index contributed by atoms with van der Waals surface area (Å²) in [5.41, 5.74) is 4.40. The highest BCUT2D eigenvalue weighted by Crippen LogP contribution is 2.37. The van der Waals surface area contributed by atoms with Crippen LogP contribution in [0.2, 0.25) is 0 Å². The fourth-order valence-electron chi connectivity index (χ4n) is 4.99. The first-order valence-corrected chi connectivity index (χ1v) is 13.4. The number of methoxy groups -OCH3 is 2. The molecule has 1 amide bonds. The summed E-state index contributed by atoms with van der Waals surface area (Å²) >= 11 is 0. The van der Waals surface area contributed by atoms with Gasteiger partial charge in [0.15, 0.2) is 0 Å². The molecule has 0 aliphatic carbocycles. The monoisotopic (exact) mass is 534 g/mol. The maximum atomic E-state index is 13.1. The normalized spacial score (nSPS) is 11.8. The third-order valence-electron chi connectivity index (χ3n) is 6.96. The van der Waals surface area contributed by atoms with Gasteiger partial charge in [0.1, 0.15) is 17.2 Å². The Morgan fingerprint density at radius 2 is 1.57 bits per heavy atom. The number of aromatic nitrogens is 1. The molecule has 0 spiro atoms. The molecule has 5 rings (SSSR count). The van der Waals surface area contributed by atoms with E-state index < -0.39 is 0 Å². The van der Waals surface area contributed by atoms with Crippen LogP contribution in [0.25, 0.3) is 10.9 Å². The van der Waals surface area contributed by atoms with Crippen LogP contribution in [-0.2, 0) is 16.1 Å². The molecular formula is C34H34N2O4. The van der Waals surface area contributed by atoms with Gasteiger partial charge in [0.25, 0.3) is 0 Å². The Hall–Kier alpha value is -4.55. The first-order valence-electron chi connectivity index (χ1n) is 13.4. The standard InChI is InChI=1S/C34H34N2O4/c1-38-20-19-35-34(37)22-31(26-9-8-12-29(21-26)40-28-10-4-3-5-11-28)32-24-36(33-14-7-6-13-30(32)33)23-25-15-17-27(39-2)18-16-25/h3-18,21,24,31H,19-20,22-23H2,1-2H3,(H,35,37)/t31-/m0/s1. The van der Waals surface area contributed by atoms with Gasteiger partial charge in [-0.25, -0.2) is 0 Å². The van der Waals surface area contributed by atoms with Crippen LogP contribution >= 0.6 is 0 Å². The molecule has 1 N–H and O–H groups in total. The van der Waals surface area contributed by atoms with E-state index in [1.165, 1.54) is 5.56 Å². The van der Waals surface area contributed by atoms with Crippen LogP contribution in [0.4, 0.5) is 0 Å². The number of fused-ring (bicyclic) bond motifs is 1. The maximum absolute atomic E-state index is 13.1. The third kappa shape index (κ3) is 6.53. The first-order chi connectivity index (χ1) is 19.6. The molecule has 1 aromatic heterocycles. The number of carbonyl (C=O) groups excluding carboxylic acids is 1. The lowest BCUT2D eigenvalue weighted by Crippen LogP contribution is -2.28. The maximum Gasteiger partial charge on any atom is 0.221 e. The van der Waals surface area contributed by atoms with Crippen molar-refractivity contribution in [3.05, 3.63) is 126 Å². The Labute approximate surface area is 235 Å². The van der Waals surface area contributed by atoms with Gasteiger partial charge >= 0.3 is 0 Å². The average Bonchev–Trinajstić information content (AvgIpc) is 3.35. The van der Waals surface area contributed by atoms with Gasteiger partial charge in [-0.2, -0.15) is 0 Å². The summed E-state index contributed by atoms with van der Waals surface area (Å²) in [6.07, 6.45) is 2.49. The molecule has 0 saturated heterocycles. The summed E-state index contributed by atoms with van der Waals surface area (Å²) in [5, 5.41) is 4.12. The summed E-state index contributed by atoms with van der Waals surface area (Å²) in [6.45, 7) is 1.64. The molecule has 0 unspecified atom stereocenters. The van der Waals surface area contributed by atoms with Gasteiger partial charge < -0.3 is 24.1 Å². The Morgan fingerprint density at radius 3 is 2.35 bits per heavy atom. The van der Waals surface area contributed by atoms with Crippen molar-refractivity contribution in [3.63, 3.8) is 0 Å². The van der Waals surface area contributed by atoms with E-state index in [1.54, 1.807) is 14.2 Å². The zero-order valence-electron chi connectivity index (χ0n) is 22.9. The molecular weight excluding hydrogens is 500 g/mol. The number of para-hydroxylation sites is 2. The zero-order valence-corrected chi connectivity index (χ0v) is 22.9. The van der Waals surface area contributed by atoms with Crippen molar-refractivity contribution in [2.75, 3.05) is 27.4 Å². The van der Waals surface area contributed by atoms with Gasteiger partial charge in [-0.1, -0.05) is 60.7 Å². The van der Waals surface area contributed by atoms with Gasteiger partial charge in [0, 0.05) is 49.6 Å². The SMILES string of the molecule is COCCNC(=O)C[C@@H](c1cccc(Oc2ccccc2)c1)c1cn(Cc2ccc(OC)cc2)c2ccccc12. The van der Waals surface area contributed by atoms with Gasteiger partial charge in [-0.05, 0) is 59.2 Å². The van der Waals surface area contributed by atoms with E-state index >= 15 is 0 Å². The highest BCUT2D eigenvalue weighted by atomic mass is 16.5. The lowest BCUT2D eigenvalue weighted by molar-refractivity contribution is -0.121. The molecule has 0 saturated carbocycles. The predicted molar refractivity (Wildman–Crippen MR) is 158 cm³/mol. The molecule has 0 fully saturated rings. The third-order valence-corrected chi connectivity index (χ3v) is 6.96.